The van der Waals surface area contributed by atoms with Crippen molar-refractivity contribution in [3.05, 3.63) is 12.2 Å². The van der Waals surface area contributed by atoms with Gasteiger partial charge in [0, 0.05) is 39.3 Å². The fourth-order valence-electron chi connectivity index (χ4n) is 3.95. The number of nitrogens with zero attached hydrogens (tertiary/aromatic N) is 6. The molecule has 2 amide bonds. The zero-order valence-electron chi connectivity index (χ0n) is 16.3. The van der Waals surface area contributed by atoms with Gasteiger partial charge in [0.15, 0.2) is 0 Å². The third kappa shape index (κ3) is 4.58. The van der Waals surface area contributed by atoms with E-state index >= 15 is 0 Å². The first-order valence-electron chi connectivity index (χ1n) is 9.86. The Morgan fingerprint density at radius 1 is 1.15 bits per heavy atom. The molecule has 1 aromatic rings. The molecule has 2 saturated heterocycles. The Hall–Kier alpha value is -2.16. The van der Waals surface area contributed by atoms with Gasteiger partial charge in [0.25, 0.3) is 0 Å². The van der Waals surface area contributed by atoms with Crippen molar-refractivity contribution >= 4 is 12.0 Å². The molecule has 9 nitrogen and oxygen atoms in total. The molecule has 150 valence electrons. The van der Waals surface area contributed by atoms with Crippen molar-refractivity contribution in [3.63, 3.8) is 0 Å². The van der Waals surface area contributed by atoms with Crippen LogP contribution in [0.4, 0.5) is 4.79 Å². The van der Waals surface area contributed by atoms with E-state index in [1.807, 2.05) is 9.47 Å². The standard InChI is InChI=1S/C18H30N6O3/c1-3-22-14-19-20-16(22)13-21-8-6-9-23(12-11-21)17(25)15-7-4-5-10-24(15)18(26)27-2/h14-15H,3-13H2,1-2H3. The van der Waals surface area contributed by atoms with Gasteiger partial charge in [0.1, 0.15) is 18.2 Å². The Kier molecular flexibility index (Phi) is 6.65. The van der Waals surface area contributed by atoms with E-state index in [2.05, 4.69) is 22.0 Å². The number of carbonyl (C=O) groups excluding carboxylic acids is 2. The summed E-state index contributed by atoms with van der Waals surface area (Å²) in [6.07, 6.45) is 4.88. The molecule has 2 aliphatic heterocycles. The quantitative estimate of drug-likeness (QED) is 0.776. The summed E-state index contributed by atoms with van der Waals surface area (Å²) in [5.41, 5.74) is 0. The number of aromatic nitrogens is 3. The van der Waals surface area contributed by atoms with Crippen LogP contribution >= 0.6 is 0 Å². The lowest BCUT2D eigenvalue weighted by Crippen LogP contribution is -2.53. The summed E-state index contributed by atoms with van der Waals surface area (Å²) in [5, 5.41) is 8.20. The SMILES string of the molecule is CCn1cnnc1CN1CCCN(C(=O)C2CCCCN2C(=O)OC)CC1. The van der Waals surface area contributed by atoms with Gasteiger partial charge in [-0.15, -0.1) is 10.2 Å². The van der Waals surface area contributed by atoms with Crippen LogP contribution in [0.2, 0.25) is 0 Å². The van der Waals surface area contributed by atoms with Crippen molar-refractivity contribution in [2.24, 2.45) is 0 Å². The Morgan fingerprint density at radius 3 is 2.78 bits per heavy atom. The third-order valence-corrected chi connectivity index (χ3v) is 5.50. The van der Waals surface area contributed by atoms with Crippen LogP contribution in [0.5, 0.6) is 0 Å². The maximum atomic E-state index is 13.1. The van der Waals surface area contributed by atoms with E-state index in [4.69, 9.17) is 4.74 Å². The van der Waals surface area contributed by atoms with E-state index in [1.54, 1.807) is 11.2 Å². The second kappa shape index (κ2) is 9.16. The summed E-state index contributed by atoms with van der Waals surface area (Å²) in [4.78, 5) is 31.0. The molecule has 0 spiro atoms. The molecule has 0 bridgehead atoms. The van der Waals surface area contributed by atoms with E-state index in [9.17, 15) is 9.59 Å². The Balaban J connectivity index is 1.59. The molecule has 0 radical (unpaired) electrons. The lowest BCUT2D eigenvalue weighted by atomic mass is 10.0. The van der Waals surface area contributed by atoms with Crippen LogP contribution in [0.15, 0.2) is 6.33 Å². The van der Waals surface area contributed by atoms with Crippen molar-refractivity contribution in [3.8, 4) is 0 Å². The number of aryl methyl sites for hydroxylation is 1. The van der Waals surface area contributed by atoms with Crippen molar-refractivity contribution in [2.75, 3.05) is 39.8 Å². The monoisotopic (exact) mass is 378 g/mol. The van der Waals surface area contributed by atoms with Crippen molar-refractivity contribution < 1.29 is 14.3 Å². The molecule has 0 aliphatic carbocycles. The number of carbonyl (C=O) groups is 2. The maximum absolute atomic E-state index is 13.1. The fourth-order valence-corrected chi connectivity index (χ4v) is 3.95. The van der Waals surface area contributed by atoms with Gasteiger partial charge < -0.3 is 14.2 Å². The number of piperidine rings is 1. The van der Waals surface area contributed by atoms with E-state index < -0.39 is 6.09 Å². The normalized spacial score (nSPS) is 21.8. The van der Waals surface area contributed by atoms with Crippen LogP contribution < -0.4 is 0 Å². The Bertz CT molecular complexity index is 649. The summed E-state index contributed by atoms with van der Waals surface area (Å²) in [6.45, 7) is 7.38. The van der Waals surface area contributed by atoms with Crippen molar-refractivity contribution in [1.82, 2.24) is 29.5 Å². The molecular weight excluding hydrogens is 348 g/mol. The highest BCUT2D eigenvalue weighted by Gasteiger charge is 2.35. The van der Waals surface area contributed by atoms with Gasteiger partial charge in [-0.3, -0.25) is 14.6 Å². The van der Waals surface area contributed by atoms with Gasteiger partial charge in [0.2, 0.25) is 5.91 Å². The number of hydrogen-bond donors (Lipinski definition) is 0. The minimum atomic E-state index is -0.400. The average molecular weight is 378 g/mol. The summed E-state index contributed by atoms with van der Waals surface area (Å²) in [6, 6.07) is -0.388. The van der Waals surface area contributed by atoms with Gasteiger partial charge >= 0.3 is 6.09 Å². The average Bonchev–Trinajstić information content (AvgIpc) is 3.02. The number of rotatable bonds is 4. The highest BCUT2D eigenvalue weighted by molar-refractivity contribution is 5.86. The van der Waals surface area contributed by atoms with Crippen LogP contribution in [0.25, 0.3) is 0 Å². The van der Waals surface area contributed by atoms with Crippen LogP contribution in [0, 0.1) is 0 Å². The number of hydrogen-bond acceptors (Lipinski definition) is 6. The number of ether oxygens (including phenoxy) is 1. The molecule has 3 rings (SSSR count). The third-order valence-electron chi connectivity index (χ3n) is 5.50. The first-order chi connectivity index (χ1) is 13.1. The van der Waals surface area contributed by atoms with Crippen molar-refractivity contribution in [2.45, 2.75) is 51.7 Å². The van der Waals surface area contributed by atoms with Crippen LogP contribution in [0.3, 0.4) is 0 Å². The predicted molar refractivity (Wildman–Crippen MR) is 98.9 cm³/mol. The lowest BCUT2D eigenvalue weighted by molar-refractivity contribution is -0.137. The first-order valence-corrected chi connectivity index (χ1v) is 9.86. The summed E-state index contributed by atoms with van der Waals surface area (Å²) >= 11 is 0. The largest absolute Gasteiger partial charge is 0.453 e. The number of amides is 2. The lowest BCUT2D eigenvalue weighted by Gasteiger charge is -2.36. The van der Waals surface area contributed by atoms with Crippen molar-refractivity contribution in [1.29, 1.82) is 0 Å². The second-order valence-corrected chi connectivity index (χ2v) is 7.16. The van der Waals surface area contributed by atoms with Crippen LogP contribution in [-0.2, 0) is 22.6 Å². The van der Waals surface area contributed by atoms with Gasteiger partial charge in [-0.25, -0.2) is 4.79 Å². The summed E-state index contributed by atoms with van der Waals surface area (Å²) in [7, 11) is 1.37. The van der Waals surface area contributed by atoms with Gasteiger partial charge in [-0.05, 0) is 32.6 Å². The fraction of sp³-hybridized carbons (Fsp3) is 0.778. The second-order valence-electron chi connectivity index (χ2n) is 7.16. The first kappa shape index (κ1) is 19.6. The minimum absolute atomic E-state index is 0.0543. The van der Waals surface area contributed by atoms with Gasteiger partial charge in [-0.2, -0.15) is 0 Å². The topological polar surface area (TPSA) is 83.8 Å². The van der Waals surface area contributed by atoms with E-state index in [0.29, 0.717) is 19.5 Å². The van der Waals surface area contributed by atoms with Crippen LogP contribution in [-0.4, -0.2) is 87.3 Å². The highest BCUT2D eigenvalue weighted by atomic mass is 16.5. The minimum Gasteiger partial charge on any atom is -0.453 e. The molecule has 1 unspecified atom stereocenters. The number of likely N-dealkylation sites (tertiary alicyclic amines) is 1. The molecule has 2 fully saturated rings. The van der Waals surface area contributed by atoms with Gasteiger partial charge in [0.05, 0.1) is 13.7 Å². The van der Waals surface area contributed by atoms with Crippen LogP contribution in [0.1, 0.15) is 38.4 Å². The summed E-state index contributed by atoms with van der Waals surface area (Å²) < 4.78 is 6.92. The molecule has 0 N–H and O–H groups in total. The Labute approximate surface area is 160 Å². The highest BCUT2D eigenvalue weighted by Crippen LogP contribution is 2.21. The predicted octanol–water partition coefficient (Wildman–Crippen LogP) is 0.953. The van der Waals surface area contributed by atoms with E-state index in [0.717, 1.165) is 57.8 Å². The zero-order valence-corrected chi connectivity index (χ0v) is 16.3. The molecule has 9 heteroatoms. The molecule has 3 heterocycles. The molecule has 0 aromatic carbocycles. The Morgan fingerprint density at radius 2 is 2.00 bits per heavy atom. The molecular formula is C18H30N6O3. The van der Waals surface area contributed by atoms with Gasteiger partial charge in [-0.1, -0.05) is 0 Å². The molecule has 1 atom stereocenters. The van der Waals surface area contributed by atoms with E-state index in [1.165, 1.54) is 7.11 Å². The van der Waals surface area contributed by atoms with E-state index in [-0.39, 0.29) is 11.9 Å². The smallest absolute Gasteiger partial charge is 0.410 e. The zero-order chi connectivity index (χ0) is 19.2. The maximum Gasteiger partial charge on any atom is 0.410 e. The summed E-state index contributed by atoms with van der Waals surface area (Å²) in [5.74, 6) is 1.01. The molecule has 1 aromatic heterocycles. The molecule has 27 heavy (non-hydrogen) atoms. The molecule has 2 aliphatic rings. The molecule has 0 saturated carbocycles. The number of methoxy groups -OCH3 is 1.